The zero-order valence-corrected chi connectivity index (χ0v) is 12.7. The van der Waals surface area contributed by atoms with Crippen molar-refractivity contribution in [3.63, 3.8) is 0 Å². The Morgan fingerprint density at radius 3 is 2.67 bits per heavy atom. The van der Waals surface area contributed by atoms with E-state index in [1.165, 1.54) is 4.90 Å². The van der Waals surface area contributed by atoms with Crippen molar-refractivity contribution in [3.8, 4) is 11.1 Å². The fraction of sp³-hybridized carbons (Fsp3) is 0.158. The van der Waals surface area contributed by atoms with Crippen molar-refractivity contribution in [2.45, 2.75) is 6.17 Å². The molecule has 1 aliphatic heterocycles. The van der Waals surface area contributed by atoms with E-state index in [1.54, 1.807) is 42.5 Å². The van der Waals surface area contributed by atoms with Gasteiger partial charge < -0.3 is 9.32 Å². The summed E-state index contributed by atoms with van der Waals surface area (Å²) < 4.78 is 18.3. The first-order chi connectivity index (χ1) is 11.6. The van der Waals surface area contributed by atoms with E-state index in [9.17, 15) is 14.0 Å². The van der Waals surface area contributed by atoms with E-state index >= 15 is 0 Å². The summed E-state index contributed by atoms with van der Waals surface area (Å²) >= 11 is 0. The van der Waals surface area contributed by atoms with Gasteiger partial charge in [-0.15, -0.1) is 0 Å². The number of hydrogen-bond donors (Lipinski definition) is 0. The molecule has 24 heavy (non-hydrogen) atoms. The number of amides is 1. The van der Waals surface area contributed by atoms with Gasteiger partial charge in [0.1, 0.15) is 11.8 Å². The molecule has 1 aliphatic rings. The van der Waals surface area contributed by atoms with Gasteiger partial charge in [0, 0.05) is 10.9 Å². The van der Waals surface area contributed by atoms with Crippen LogP contribution in [0, 0.1) is 0 Å². The fourth-order valence-electron chi connectivity index (χ4n) is 2.86. The summed E-state index contributed by atoms with van der Waals surface area (Å²) in [5, 5.41) is 0.812. The summed E-state index contributed by atoms with van der Waals surface area (Å²) in [4.78, 5) is 26.0. The van der Waals surface area contributed by atoms with Crippen LogP contribution in [0.2, 0.25) is 0 Å². The highest BCUT2D eigenvalue weighted by atomic mass is 19.1. The van der Waals surface area contributed by atoms with Crippen LogP contribution in [0.25, 0.3) is 22.1 Å². The number of para-hydroxylation sites is 1. The number of halogens is 1. The smallest absolute Gasteiger partial charge is 0.344 e. The van der Waals surface area contributed by atoms with Crippen LogP contribution in [-0.2, 0) is 0 Å². The molecule has 1 aromatic heterocycles. The second kappa shape index (κ2) is 5.60. The molecule has 2 aromatic carbocycles. The Bertz CT molecular complexity index is 989. The number of alkyl halides is 1. The van der Waals surface area contributed by atoms with Gasteiger partial charge in [0.25, 0.3) is 5.91 Å². The van der Waals surface area contributed by atoms with Crippen LogP contribution in [0.1, 0.15) is 10.4 Å². The zero-order valence-electron chi connectivity index (χ0n) is 12.7. The van der Waals surface area contributed by atoms with Crippen molar-refractivity contribution in [2.75, 3.05) is 13.1 Å². The number of hydrogen-bond acceptors (Lipinski definition) is 3. The molecular weight excluding hydrogens is 309 g/mol. The minimum Gasteiger partial charge on any atom is -0.422 e. The van der Waals surface area contributed by atoms with Crippen molar-refractivity contribution < 1.29 is 13.6 Å². The Balaban J connectivity index is 1.75. The van der Waals surface area contributed by atoms with Crippen molar-refractivity contribution in [2.24, 2.45) is 0 Å². The molecule has 1 saturated heterocycles. The van der Waals surface area contributed by atoms with Gasteiger partial charge in [0.15, 0.2) is 0 Å². The summed E-state index contributed by atoms with van der Waals surface area (Å²) in [7, 11) is 0. The number of benzene rings is 2. The van der Waals surface area contributed by atoms with Gasteiger partial charge in [0.2, 0.25) is 0 Å². The highest BCUT2D eigenvalue weighted by Crippen LogP contribution is 2.23. The van der Waals surface area contributed by atoms with Crippen LogP contribution in [-0.4, -0.2) is 30.1 Å². The molecule has 0 bridgehead atoms. The summed E-state index contributed by atoms with van der Waals surface area (Å²) in [6.07, 6.45) is -0.940. The second-order valence-corrected chi connectivity index (χ2v) is 5.87. The molecule has 0 unspecified atom stereocenters. The Kier molecular flexibility index (Phi) is 3.41. The van der Waals surface area contributed by atoms with Crippen LogP contribution in [0.4, 0.5) is 4.39 Å². The summed E-state index contributed by atoms with van der Waals surface area (Å²) in [5.74, 6) is -0.226. The normalized spacial score (nSPS) is 14.6. The van der Waals surface area contributed by atoms with Gasteiger partial charge in [-0.05, 0) is 29.8 Å². The third-order valence-electron chi connectivity index (χ3n) is 4.19. The van der Waals surface area contributed by atoms with Crippen LogP contribution in [0.3, 0.4) is 0 Å². The van der Waals surface area contributed by atoms with Gasteiger partial charge in [-0.1, -0.05) is 30.3 Å². The first-order valence-electron chi connectivity index (χ1n) is 7.68. The maximum absolute atomic E-state index is 12.9. The third-order valence-corrected chi connectivity index (χ3v) is 4.19. The lowest BCUT2D eigenvalue weighted by Gasteiger charge is -2.34. The van der Waals surface area contributed by atoms with Gasteiger partial charge in [-0.3, -0.25) is 4.79 Å². The first kappa shape index (κ1) is 14.6. The molecule has 0 aliphatic carbocycles. The number of carbonyl (C=O) groups is 1. The van der Waals surface area contributed by atoms with E-state index < -0.39 is 11.8 Å². The Morgan fingerprint density at radius 1 is 1.08 bits per heavy atom. The number of rotatable bonds is 2. The second-order valence-electron chi connectivity index (χ2n) is 5.87. The lowest BCUT2D eigenvalue weighted by molar-refractivity contribution is 0.0400. The molecule has 0 spiro atoms. The molecule has 1 amide bonds. The lowest BCUT2D eigenvalue weighted by atomic mass is 10.0. The van der Waals surface area contributed by atoms with Crippen molar-refractivity contribution >= 4 is 16.9 Å². The van der Waals surface area contributed by atoms with Crippen molar-refractivity contribution in [1.82, 2.24) is 4.90 Å². The largest absolute Gasteiger partial charge is 0.422 e. The molecule has 0 saturated carbocycles. The van der Waals surface area contributed by atoms with Crippen molar-refractivity contribution in [1.29, 1.82) is 0 Å². The van der Waals surface area contributed by atoms with E-state index in [-0.39, 0.29) is 19.0 Å². The number of fused-ring (bicyclic) bond motifs is 1. The van der Waals surface area contributed by atoms with Crippen LogP contribution >= 0.6 is 0 Å². The Hall–Kier alpha value is -2.95. The minimum absolute atomic E-state index is 0.126. The number of nitrogens with zero attached hydrogens (tertiary/aromatic N) is 1. The molecule has 0 radical (unpaired) electrons. The molecule has 3 aromatic rings. The average molecular weight is 323 g/mol. The van der Waals surface area contributed by atoms with E-state index in [1.807, 2.05) is 12.1 Å². The van der Waals surface area contributed by atoms with Gasteiger partial charge in [0.05, 0.1) is 18.7 Å². The highest BCUT2D eigenvalue weighted by Gasteiger charge is 2.31. The molecule has 0 atom stereocenters. The van der Waals surface area contributed by atoms with Crippen LogP contribution in [0.15, 0.2) is 63.8 Å². The quantitative estimate of drug-likeness (QED) is 0.680. The predicted molar refractivity (Wildman–Crippen MR) is 88.7 cm³/mol. The monoisotopic (exact) mass is 323 g/mol. The Labute approximate surface area is 137 Å². The molecule has 1 fully saturated rings. The van der Waals surface area contributed by atoms with Gasteiger partial charge in [-0.2, -0.15) is 0 Å². The van der Waals surface area contributed by atoms with E-state index in [0.29, 0.717) is 22.3 Å². The molecule has 5 heteroatoms. The van der Waals surface area contributed by atoms with Gasteiger partial charge >= 0.3 is 5.63 Å². The minimum atomic E-state index is -0.940. The summed E-state index contributed by atoms with van der Waals surface area (Å²) in [6.45, 7) is 0.252. The molecule has 2 heterocycles. The third kappa shape index (κ3) is 2.48. The fourth-order valence-corrected chi connectivity index (χ4v) is 2.86. The maximum atomic E-state index is 12.9. The van der Waals surface area contributed by atoms with E-state index in [4.69, 9.17) is 4.42 Å². The highest BCUT2D eigenvalue weighted by molar-refractivity contribution is 5.96. The van der Waals surface area contributed by atoms with Crippen molar-refractivity contribution in [3.05, 3.63) is 70.6 Å². The van der Waals surface area contributed by atoms with E-state index in [2.05, 4.69) is 0 Å². The summed E-state index contributed by atoms with van der Waals surface area (Å²) in [6, 6.07) is 15.8. The molecular formula is C19H14FNO3. The number of likely N-dealkylation sites (tertiary alicyclic amines) is 1. The number of carbonyl (C=O) groups excluding carboxylic acids is 1. The Morgan fingerprint density at radius 2 is 1.88 bits per heavy atom. The maximum Gasteiger partial charge on any atom is 0.344 e. The van der Waals surface area contributed by atoms with Crippen LogP contribution in [0.5, 0.6) is 0 Å². The zero-order chi connectivity index (χ0) is 16.7. The standard InChI is InChI=1S/C19H14FNO3/c20-15-10-21(11-15)18(22)14-6-3-5-12(8-14)16-9-13-4-1-2-7-17(13)24-19(16)23/h1-9,15H,10-11H2. The van der Waals surface area contributed by atoms with Crippen LogP contribution < -0.4 is 5.63 Å². The first-order valence-corrected chi connectivity index (χ1v) is 7.68. The topological polar surface area (TPSA) is 50.5 Å². The molecule has 0 N–H and O–H groups in total. The molecule has 120 valence electrons. The van der Waals surface area contributed by atoms with Gasteiger partial charge in [-0.25, -0.2) is 9.18 Å². The summed E-state index contributed by atoms with van der Waals surface area (Å²) in [5.41, 5.74) is 1.51. The molecule has 4 nitrogen and oxygen atoms in total. The molecule has 4 rings (SSSR count). The lowest BCUT2D eigenvalue weighted by Crippen LogP contribution is -2.51. The average Bonchev–Trinajstić information content (AvgIpc) is 2.58. The predicted octanol–water partition coefficient (Wildman–Crippen LogP) is 3.25. The SMILES string of the molecule is O=C(c1cccc(-c2cc3ccccc3oc2=O)c1)N1CC(F)C1. The van der Waals surface area contributed by atoms with E-state index in [0.717, 1.165) is 5.39 Å².